The number of amides is 2. The van der Waals surface area contributed by atoms with Crippen LogP contribution in [0.5, 0.6) is 5.75 Å². The van der Waals surface area contributed by atoms with Gasteiger partial charge in [0.05, 0.1) is 6.21 Å². The van der Waals surface area contributed by atoms with Crippen molar-refractivity contribution < 1.29 is 14.3 Å². The topological polar surface area (TPSA) is 92.7 Å². The highest BCUT2D eigenvalue weighted by molar-refractivity contribution is 5.94. The number of hydrogen-bond acceptors (Lipinski definition) is 5. The van der Waals surface area contributed by atoms with Gasteiger partial charge >= 0.3 is 0 Å². The van der Waals surface area contributed by atoms with E-state index in [1.54, 1.807) is 48.8 Å². The Balaban J connectivity index is 1.46. The second kappa shape index (κ2) is 9.97. The van der Waals surface area contributed by atoms with Crippen LogP contribution in [0.25, 0.3) is 0 Å². The number of nitrogens with one attached hydrogen (secondary N) is 2. The molecule has 0 radical (unpaired) electrons. The molecule has 1 heterocycles. The molecule has 3 rings (SSSR count). The van der Waals surface area contributed by atoms with Crippen molar-refractivity contribution in [3.63, 3.8) is 0 Å². The first-order valence-electron chi connectivity index (χ1n) is 9.34. The molecule has 152 valence electrons. The molecule has 0 unspecified atom stereocenters. The van der Waals surface area contributed by atoms with E-state index in [-0.39, 0.29) is 18.4 Å². The molecule has 1 aromatic heterocycles. The Labute approximate surface area is 174 Å². The van der Waals surface area contributed by atoms with E-state index < -0.39 is 0 Å². The zero-order valence-electron chi connectivity index (χ0n) is 16.8. The zero-order valence-corrected chi connectivity index (χ0v) is 16.8. The van der Waals surface area contributed by atoms with Crippen LogP contribution in [0.2, 0.25) is 0 Å². The van der Waals surface area contributed by atoms with E-state index in [1.807, 2.05) is 32.0 Å². The van der Waals surface area contributed by atoms with E-state index >= 15 is 0 Å². The van der Waals surface area contributed by atoms with Crippen LogP contribution in [-0.2, 0) is 4.79 Å². The Hall–Kier alpha value is -4.00. The number of pyridine rings is 1. The summed E-state index contributed by atoms with van der Waals surface area (Å²) in [4.78, 5) is 27.8. The van der Waals surface area contributed by atoms with Crippen molar-refractivity contribution in [1.82, 2.24) is 10.4 Å². The van der Waals surface area contributed by atoms with Gasteiger partial charge in [0, 0.05) is 23.6 Å². The van der Waals surface area contributed by atoms with E-state index in [1.165, 1.54) is 11.8 Å². The summed E-state index contributed by atoms with van der Waals surface area (Å²) in [5.74, 6) is 0.00862. The van der Waals surface area contributed by atoms with Crippen molar-refractivity contribution in [2.24, 2.45) is 5.10 Å². The molecule has 7 nitrogen and oxygen atoms in total. The summed E-state index contributed by atoms with van der Waals surface area (Å²) in [6, 6.07) is 16.0. The van der Waals surface area contributed by atoms with Gasteiger partial charge < -0.3 is 10.1 Å². The lowest BCUT2D eigenvalue weighted by Crippen LogP contribution is -2.20. The quantitative estimate of drug-likeness (QED) is 0.467. The fourth-order valence-corrected chi connectivity index (χ4v) is 2.55. The molecule has 0 aliphatic carbocycles. The van der Waals surface area contributed by atoms with Gasteiger partial charge in [0.2, 0.25) is 0 Å². The van der Waals surface area contributed by atoms with Gasteiger partial charge in [-0.2, -0.15) is 5.10 Å². The summed E-state index contributed by atoms with van der Waals surface area (Å²) < 4.78 is 5.52. The van der Waals surface area contributed by atoms with Crippen LogP contribution < -0.4 is 15.5 Å². The first kappa shape index (κ1) is 20.7. The van der Waals surface area contributed by atoms with Crippen molar-refractivity contribution >= 4 is 23.7 Å². The molecule has 3 aromatic rings. The molecule has 30 heavy (non-hydrogen) atoms. The molecule has 0 aliphatic heterocycles. The predicted molar refractivity (Wildman–Crippen MR) is 116 cm³/mol. The van der Waals surface area contributed by atoms with Crippen molar-refractivity contribution in [3.8, 4) is 5.75 Å². The fourth-order valence-electron chi connectivity index (χ4n) is 2.55. The third-order valence-corrected chi connectivity index (χ3v) is 4.36. The summed E-state index contributed by atoms with van der Waals surface area (Å²) in [6.45, 7) is 3.92. The number of carbonyl (C=O) groups excluding carboxylic acids is 2. The monoisotopic (exact) mass is 402 g/mol. The Morgan fingerprint density at radius 3 is 2.43 bits per heavy atom. The maximum atomic E-state index is 12.1. The minimum absolute atomic E-state index is 0.0949. The second-order valence-corrected chi connectivity index (χ2v) is 6.64. The largest absolute Gasteiger partial charge is 0.484 e. The van der Waals surface area contributed by atoms with Crippen LogP contribution >= 0.6 is 0 Å². The minimum atomic E-state index is -0.316. The molecule has 0 saturated heterocycles. The Morgan fingerprint density at radius 1 is 1.00 bits per heavy atom. The molecule has 2 amide bonds. The van der Waals surface area contributed by atoms with Gasteiger partial charge in [0.15, 0.2) is 6.61 Å². The van der Waals surface area contributed by atoms with Crippen LogP contribution in [0.4, 0.5) is 5.69 Å². The highest BCUT2D eigenvalue weighted by atomic mass is 16.5. The lowest BCUT2D eigenvalue weighted by Gasteiger charge is -2.09. The van der Waals surface area contributed by atoms with Gasteiger partial charge in [0.25, 0.3) is 11.8 Å². The Morgan fingerprint density at radius 2 is 1.73 bits per heavy atom. The number of ether oxygens (including phenoxy) is 1. The molecule has 7 heteroatoms. The Kier molecular flexibility index (Phi) is 6.89. The molecule has 0 spiro atoms. The van der Waals surface area contributed by atoms with Crippen LogP contribution in [0.1, 0.15) is 27.0 Å². The van der Waals surface area contributed by atoms with Gasteiger partial charge in [-0.15, -0.1) is 0 Å². The maximum Gasteiger partial charge on any atom is 0.271 e. The van der Waals surface area contributed by atoms with Gasteiger partial charge in [-0.25, -0.2) is 5.43 Å². The van der Waals surface area contributed by atoms with Gasteiger partial charge in [-0.3, -0.25) is 14.6 Å². The number of nitrogens with zero attached hydrogens (tertiary/aromatic N) is 2. The third kappa shape index (κ3) is 6.00. The van der Waals surface area contributed by atoms with Crippen molar-refractivity contribution in [3.05, 3.63) is 89.2 Å². The van der Waals surface area contributed by atoms with Crippen LogP contribution in [0, 0.1) is 13.8 Å². The summed E-state index contributed by atoms with van der Waals surface area (Å²) in [5, 5.41) is 6.75. The normalized spacial score (nSPS) is 10.6. The number of aromatic nitrogens is 1. The number of aryl methyl sites for hydroxylation is 2. The zero-order chi connectivity index (χ0) is 21.3. The van der Waals surface area contributed by atoms with Crippen LogP contribution in [0.3, 0.4) is 0 Å². The first-order valence-corrected chi connectivity index (χ1v) is 9.34. The predicted octanol–water partition coefficient (Wildman–Crippen LogP) is 3.48. The number of benzene rings is 2. The number of hydrazone groups is 1. The average molecular weight is 402 g/mol. The van der Waals surface area contributed by atoms with E-state index in [2.05, 4.69) is 20.8 Å². The number of rotatable bonds is 7. The first-order chi connectivity index (χ1) is 14.5. The molecular formula is C23H22N4O3. The summed E-state index contributed by atoms with van der Waals surface area (Å²) in [6.07, 6.45) is 4.61. The fraction of sp³-hybridized carbons (Fsp3) is 0.130. The lowest BCUT2D eigenvalue weighted by molar-refractivity contribution is -0.118. The van der Waals surface area contributed by atoms with Crippen molar-refractivity contribution in [2.75, 3.05) is 11.9 Å². The Bertz CT molecular complexity index is 1050. The summed E-state index contributed by atoms with van der Waals surface area (Å²) >= 11 is 0. The molecule has 0 bridgehead atoms. The molecule has 0 atom stereocenters. The number of carbonyl (C=O) groups is 2. The van der Waals surface area contributed by atoms with E-state index in [4.69, 9.17) is 4.74 Å². The summed E-state index contributed by atoms with van der Waals surface area (Å²) in [5.41, 5.74) is 6.73. The smallest absolute Gasteiger partial charge is 0.271 e. The average Bonchev–Trinajstić information content (AvgIpc) is 2.76. The molecule has 2 aromatic carbocycles. The van der Waals surface area contributed by atoms with E-state index in [0.29, 0.717) is 11.3 Å². The second-order valence-electron chi connectivity index (χ2n) is 6.64. The van der Waals surface area contributed by atoms with E-state index in [0.717, 1.165) is 16.8 Å². The van der Waals surface area contributed by atoms with Gasteiger partial charge in [-0.1, -0.05) is 6.07 Å². The highest BCUT2D eigenvalue weighted by Crippen LogP contribution is 2.15. The number of hydrogen-bond donors (Lipinski definition) is 2. The van der Waals surface area contributed by atoms with Gasteiger partial charge in [0.1, 0.15) is 5.75 Å². The van der Waals surface area contributed by atoms with Crippen molar-refractivity contribution in [2.45, 2.75) is 13.8 Å². The SMILES string of the molecule is Cc1ccc(NC(=O)COc2ccc(/C=N\NC(=O)c3ccncc3)cc2)cc1C. The summed E-state index contributed by atoms with van der Waals surface area (Å²) in [7, 11) is 0. The van der Waals surface area contributed by atoms with Gasteiger partial charge in [-0.05, 0) is 79.1 Å². The maximum absolute atomic E-state index is 12.1. The minimum Gasteiger partial charge on any atom is -0.484 e. The highest BCUT2D eigenvalue weighted by Gasteiger charge is 2.05. The van der Waals surface area contributed by atoms with Crippen LogP contribution in [0.15, 0.2) is 72.1 Å². The molecular weight excluding hydrogens is 380 g/mol. The van der Waals surface area contributed by atoms with E-state index in [9.17, 15) is 9.59 Å². The number of anilines is 1. The van der Waals surface area contributed by atoms with Crippen LogP contribution in [-0.4, -0.2) is 29.6 Å². The third-order valence-electron chi connectivity index (χ3n) is 4.36. The molecule has 0 saturated carbocycles. The standard InChI is InChI=1S/C23H22N4O3/c1-16-3-6-20(13-17(16)2)26-22(28)15-30-21-7-4-18(5-8-21)14-25-27-23(29)19-9-11-24-12-10-19/h3-14H,15H2,1-2H3,(H,26,28)(H,27,29)/b25-14-. The van der Waals surface area contributed by atoms with Crippen molar-refractivity contribution in [1.29, 1.82) is 0 Å². The lowest BCUT2D eigenvalue weighted by atomic mass is 10.1. The molecule has 2 N–H and O–H groups in total. The molecule has 0 aliphatic rings. The molecule has 0 fully saturated rings.